The first-order valence-corrected chi connectivity index (χ1v) is 5.58. The van der Waals surface area contributed by atoms with Crippen LogP contribution in [0.2, 0.25) is 0 Å². The molecule has 0 spiro atoms. The Morgan fingerprint density at radius 2 is 2.07 bits per heavy atom. The van der Waals surface area contributed by atoms with Crippen LogP contribution < -0.4 is 0 Å². The number of carbonyl (C=O) groups excluding carboxylic acids is 1. The molecule has 1 aromatic heterocycles. The van der Waals surface area contributed by atoms with Crippen LogP contribution in [0, 0.1) is 6.92 Å². The third-order valence-corrected chi connectivity index (χ3v) is 3.24. The van der Waals surface area contributed by atoms with Gasteiger partial charge in [0.1, 0.15) is 17.4 Å². The number of nitrogens with zero attached hydrogens (tertiary/aromatic N) is 3. The Balaban J connectivity index is 2.28. The van der Waals surface area contributed by atoms with Crippen molar-refractivity contribution in [2.24, 2.45) is 7.05 Å². The van der Waals surface area contributed by atoms with Crippen LogP contribution in [0.25, 0.3) is 0 Å². The molecule has 2 rings (SSSR count). The fourth-order valence-corrected chi connectivity index (χ4v) is 2.16. The predicted octanol–water partition coefficient (Wildman–Crippen LogP) is 1.74. The lowest BCUT2D eigenvalue weighted by Gasteiger charge is -2.11. The van der Waals surface area contributed by atoms with Crippen molar-refractivity contribution in [1.82, 2.24) is 14.8 Å². The van der Waals surface area contributed by atoms with E-state index in [1.165, 1.54) is 6.42 Å². The number of carbonyl (C=O) groups is 1. The molecule has 1 unspecified atom stereocenters. The Kier molecular flexibility index (Phi) is 2.84. The van der Waals surface area contributed by atoms with Crippen LogP contribution in [0.1, 0.15) is 49.7 Å². The van der Waals surface area contributed by atoms with Crippen molar-refractivity contribution in [1.29, 1.82) is 0 Å². The minimum absolute atomic E-state index is 0.0151. The van der Waals surface area contributed by atoms with Crippen LogP contribution in [0.5, 0.6) is 0 Å². The standard InChI is InChI=1S/C11H17N3O/c1-8-12-13-11(14(8)2)9-6-4-3-5-7-10(9)15/h9H,3-7H2,1-2H3. The van der Waals surface area contributed by atoms with Crippen molar-refractivity contribution in [3.05, 3.63) is 11.6 Å². The van der Waals surface area contributed by atoms with Crippen molar-refractivity contribution in [3.8, 4) is 0 Å². The lowest BCUT2D eigenvalue weighted by molar-refractivity contribution is -0.120. The highest BCUT2D eigenvalue weighted by atomic mass is 16.1. The second-order valence-corrected chi connectivity index (χ2v) is 4.28. The summed E-state index contributed by atoms with van der Waals surface area (Å²) in [5.74, 6) is 2.04. The van der Waals surface area contributed by atoms with Gasteiger partial charge in [-0.25, -0.2) is 0 Å². The summed E-state index contributed by atoms with van der Waals surface area (Å²) in [5.41, 5.74) is 0. The maximum Gasteiger partial charge on any atom is 0.143 e. The van der Waals surface area contributed by atoms with E-state index in [9.17, 15) is 4.79 Å². The summed E-state index contributed by atoms with van der Waals surface area (Å²) in [6.07, 6.45) is 4.97. The fraction of sp³-hybridized carbons (Fsp3) is 0.727. The normalized spacial score (nSPS) is 22.8. The Hall–Kier alpha value is -1.19. The fourth-order valence-electron chi connectivity index (χ4n) is 2.16. The van der Waals surface area contributed by atoms with Crippen molar-refractivity contribution in [2.75, 3.05) is 0 Å². The van der Waals surface area contributed by atoms with Crippen LogP contribution in [0.3, 0.4) is 0 Å². The molecule has 1 fully saturated rings. The van der Waals surface area contributed by atoms with Gasteiger partial charge in [-0.15, -0.1) is 10.2 Å². The minimum Gasteiger partial charge on any atom is -0.318 e. The molecule has 4 nitrogen and oxygen atoms in total. The lowest BCUT2D eigenvalue weighted by atomic mass is 9.98. The molecule has 0 amide bonds. The smallest absolute Gasteiger partial charge is 0.143 e. The molecular weight excluding hydrogens is 190 g/mol. The number of rotatable bonds is 1. The highest BCUT2D eigenvalue weighted by Gasteiger charge is 2.26. The average Bonchev–Trinajstić information content (AvgIpc) is 2.43. The Labute approximate surface area is 89.7 Å². The first-order chi connectivity index (χ1) is 7.20. The molecule has 1 aliphatic carbocycles. The molecule has 0 radical (unpaired) electrons. The molecule has 1 aromatic rings. The van der Waals surface area contributed by atoms with E-state index in [1.54, 1.807) is 0 Å². The SMILES string of the molecule is Cc1nnc(C2CCCCCC2=O)n1C. The topological polar surface area (TPSA) is 47.8 Å². The number of Topliss-reactive ketones (excluding diaryl/α,β-unsaturated/α-hetero) is 1. The second kappa shape index (κ2) is 4.13. The first kappa shape index (κ1) is 10.3. The van der Waals surface area contributed by atoms with Crippen LogP contribution >= 0.6 is 0 Å². The second-order valence-electron chi connectivity index (χ2n) is 4.28. The van der Waals surface area contributed by atoms with Gasteiger partial charge >= 0.3 is 0 Å². The van der Waals surface area contributed by atoms with Gasteiger partial charge < -0.3 is 4.57 Å². The van der Waals surface area contributed by atoms with Gasteiger partial charge in [-0.05, 0) is 19.8 Å². The number of aryl methyl sites for hydroxylation is 1. The zero-order valence-corrected chi connectivity index (χ0v) is 9.36. The van der Waals surface area contributed by atoms with E-state index in [-0.39, 0.29) is 5.92 Å². The maximum absolute atomic E-state index is 11.9. The van der Waals surface area contributed by atoms with Gasteiger partial charge in [0, 0.05) is 13.5 Å². The third-order valence-electron chi connectivity index (χ3n) is 3.24. The van der Waals surface area contributed by atoms with E-state index < -0.39 is 0 Å². The zero-order chi connectivity index (χ0) is 10.8. The minimum atomic E-state index is -0.0151. The van der Waals surface area contributed by atoms with Crippen LogP contribution in [-0.2, 0) is 11.8 Å². The molecular formula is C11H17N3O. The van der Waals surface area contributed by atoms with Crippen LogP contribution in [-0.4, -0.2) is 20.5 Å². The van der Waals surface area contributed by atoms with Gasteiger partial charge in [0.15, 0.2) is 0 Å². The van der Waals surface area contributed by atoms with Crippen LogP contribution in [0.15, 0.2) is 0 Å². The quantitative estimate of drug-likeness (QED) is 0.659. The molecule has 0 aromatic carbocycles. The number of hydrogen-bond acceptors (Lipinski definition) is 3. The molecule has 0 N–H and O–H groups in total. The van der Waals surface area contributed by atoms with Crippen molar-refractivity contribution in [2.45, 2.75) is 44.9 Å². The van der Waals surface area contributed by atoms with E-state index in [4.69, 9.17) is 0 Å². The zero-order valence-electron chi connectivity index (χ0n) is 9.36. The Bertz CT molecular complexity index is 370. The van der Waals surface area contributed by atoms with Gasteiger partial charge in [-0.1, -0.05) is 12.8 Å². The van der Waals surface area contributed by atoms with Gasteiger partial charge in [0.2, 0.25) is 0 Å². The molecule has 0 aliphatic heterocycles. The summed E-state index contributed by atoms with van der Waals surface area (Å²) in [4.78, 5) is 11.9. The van der Waals surface area contributed by atoms with Crippen molar-refractivity contribution in [3.63, 3.8) is 0 Å². The van der Waals surface area contributed by atoms with Gasteiger partial charge in [-0.2, -0.15) is 0 Å². The average molecular weight is 207 g/mol. The summed E-state index contributed by atoms with van der Waals surface area (Å²) in [7, 11) is 1.93. The Morgan fingerprint density at radius 1 is 1.27 bits per heavy atom. The molecule has 4 heteroatoms. The summed E-state index contributed by atoms with van der Waals surface area (Å²) < 4.78 is 1.94. The summed E-state index contributed by atoms with van der Waals surface area (Å²) >= 11 is 0. The molecule has 1 saturated carbocycles. The highest BCUT2D eigenvalue weighted by Crippen LogP contribution is 2.27. The maximum atomic E-state index is 11.9. The summed E-state index contributed by atoms with van der Waals surface area (Å²) in [6.45, 7) is 1.91. The third kappa shape index (κ3) is 1.94. The van der Waals surface area contributed by atoms with Crippen molar-refractivity contribution >= 4 is 5.78 Å². The number of hydrogen-bond donors (Lipinski definition) is 0. The predicted molar refractivity (Wildman–Crippen MR) is 56.6 cm³/mol. The van der Waals surface area contributed by atoms with E-state index >= 15 is 0 Å². The Morgan fingerprint density at radius 3 is 2.73 bits per heavy atom. The molecule has 1 heterocycles. The number of aromatic nitrogens is 3. The first-order valence-electron chi connectivity index (χ1n) is 5.58. The monoisotopic (exact) mass is 207 g/mol. The summed E-state index contributed by atoms with van der Waals surface area (Å²) in [5, 5.41) is 8.14. The molecule has 1 atom stereocenters. The van der Waals surface area contributed by atoms with Crippen LogP contribution in [0.4, 0.5) is 0 Å². The van der Waals surface area contributed by atoms with E-state index in [0.29, 0.717) is 12.2 Å². The van der Waals surface area contributed by atoms with Gasteiger partial charge in [0.25, 0.3) is 0 Å². The van der Waals surface area contributed by atoms with Crippen molar-refractivity contribution < 1.29 is 4.79 Å². The van der Waals surface area contributed by atoms with E-state index in [1.807, 2.05) is 18.5 Å². The lowest BCUT2D eigenvalue weighted by Crippen LogP contribution is -2.15. The summed E-state index contributed by atoms with van der Waals surface area (Å²) in [6, 6.07) is 0. The van der Waals surface area contributed by atoms with Gasteiger partial charge in [0.05, 0.1) is 5.92 Å². The largest absolute Gasteiger partial charge is 0.318 e. The highest BCUT2D eigenvalue weighted by molar-refractivity contribution is 5.85. The molecule has 0 bridgehead atoms. The van der Waals surface area contributed by atoms with E-state index in [2.05, 4.69) is 10.2 Å². The molecule has 1 aliphatic rings. The molecule has 15 heavy (non-hydrogen) atoms. The van der Waals surface area contributed by atoms with Gasteiger partial charge in [-0.3, -0.25) is 4.79 Å². The van der Waals surface area contributed by atoms with E-state index in [0.717, 1.165) is 30.9 Å². The molecule has 82 valence electrons. The number of ketones is 1. The molecule has 0 saturated heterocycles.